The van der Waals surface area contributed by atoms with Crippen molar-refractivity contribution in [2.75, 3.05) is 0 Å². The highest BCUT2D eigenvalue weighted by molar-refractivity contribution is 5.77. The third kappa shape index (κ3) is 2.95. The Morgan fingerprint density at radius 1 is 1.44 bits per heavy atom. The molecule has 0 atom stereocenters. The van der Waals surface area contributed by atoms with E-state index in [1.54, 1.807) is 13.8 Å². The second kappa shape index (κ2) is 4.51. The Kier molecular flexibility index (Phi) is 3.51. The summed E-state index contributed by atoms with van der Waals surface area (Å²) in [6, 6.07) is 1.03. The summed E-state index contributed by atoms with van der Waals surface area (Å²) in [5.41, 5.74) is -1.72. The van der Waals surface area contributed by atoms with E-state index >= 15 is 0 Å². The summed E-state index contributed by atoms with van der Waals surface area (Å²) < 4.78 is 42.2. The van der Waals surface area contributed by atoms with E-state index in [-0.39, 0.29) is 18.1 Å². The van der Waals surface area contributed by atoms with Crippen molar-refractivity contribution in [2.24, 2.45) is 0 Å². The molecule has 0 aliphatic heterocycles. The van der Waals surface area contributed by atoms with Gasteiger partial charge in [-0.05, 0) is 19.9 Å². The highest BCUT2D eigenvalue weighted by atomic mass is 19.4. The van der Waals surface area contributed by atoms with Crippen LogP contribution in [0, 0.1) is 0 Å². The molecule has 0 saturated heterocycles. The van der Waals surface area contributed by atoms with Gasteiger partial charge in [-0.25, -0.2) is 4.98 Å². The second-order valence-corrected chi connectivity index (χ2v) is 3.39. The molecule has 0 aromatic carbocycles. The number of halogens is 3. The number of ether oxygens (including phenoxy) is 1. The maximum absolute atomic E-state index is 12.4. The monoisotopic (exact) mass is 233 g/mol. The van der Waals surface area contributed by atoms with Crippen molar-refractivity contribution in [3.63, 3.8) is 0 Å². The number of aldehydes is 1. The molecule has 16 heavy (non-hydrogen) atoms. The lowest BCUT2D eigenvalue weighted by Crippen LogP contribution is -2.13. The minimum absolute atomic E-state index is 0.114. The zero-order chi connectivity index (χ0) is 12.3. The van der Waals surface area contributed by atoms with Crippen LogP contribution in [0.25, 0.3) is 0 Å². The van der Waals surface area contributed by atoms with Crippen molar-refractivity contribution in [2.45, 2.75) is 26.1 Å². The number of hydrogen-bond donors (Lipinski definition) is 0. The highest BCUT2D eigenvalue weighted by Crippen LogP contribution is 2.31. The van der Waals surface area contributed by atoms with Gasteiger partial charge < -0.3 is 4.74 Å². The van der Waals surface area contributed by atoms with E-state index in [1.165, 1.54) is 0 Å². The first-order valence-corrected chi connectivity index (χ1v) is 4.53. The molecule has 0 aliphatic rings. The molecular weight excluding hydrogens is 223 g/mol. The molecular formula is C10H10F3NO2. The van der Waals surface area contributed by atoms with Gasteiger partial charge in [-0.3, -0.25) is 4.79 Å². The van der Waals surface area contributed by atoms with Crippen LogP contribution in [-0.4, -0.2) is 17.4 Å². The number of hydrogen-bond acceptors (Lipinski definition) is 3. The highest BCUT2D eigenvalue weighted by Gasteiger charge is 2.35. The van der Waals surface area contributed by atoms with Crippen molar-refractivity contribution >= 4 is 6.29 Å². The Morgan fingerprint density at radius 3 is 2.50 bits per heavy atom. The number of rotatable bonds is 3. The van der Waals surface area contributed by atoms with Crippen LogP contribution in [0.1, 0.15) is 29.9 Å². The lowest BCUT2D eigenvalue weighted by atomic mass is 10.2. The number of nitrogens with zero attached hydrogens (tertiary/aromatic N) is 1. The van der Waals surface area contributed by atoms with E-state index in [1.807, 2.05) is 0 Å². The fourth-order valence-corrected chi connectivity index (χ4v) is 1.12. The third-order valence-electron chi connectivity index (χ3n) is 1.66. The van der Waals surface area contributed by atoms with Crippen molar-refractivity contribution in [1.29, 1.82) is 0 Å². The fourth-order valence-electron chi connectivity index (χ4n) is 1.12. The Labute approximate surface area is 90.2 Å². The van der Waals surface area contributed by atoms with Gasteiger partial charge in [-0.2, -0.15) is 13.2 Å². The number of alkyl halides is 3. The van der Waals surface area contributed by atoms with Gasteiger partial charge in [0.25, 0.3) is 0 Å². The molecule has 3 nitrogen and oxygen atoms in total. The molecule has 0 amide bonds. The predicted octanol–water partition coefficient (Wildman–Crippen LogP) is 2.70. The van der Waals surface area contributed by atoms with Crippen molar-refractivity contribution in [1.82, 2.24) is 4.98 Å². The Balaban J connectivity index is 3.12. The summed E-state index contributed by atoms with van der Waals surface area (Å²) in [4.78, 5) is 13.7. The smallest absolute Gasteiger partial charge is 0.434 e. The van der Waals surface area contributed by atoms with Crippen LogP contribution in [0.3, 0.4) is 0 Å². The first kappa shape index (κ1) is 12.5. The summed E-state index contributed by atoms with van der Waals surface area (Å²) in [7, 11) is 0. The van der Waals surface area contributed by atoms with Crippen LogP contribution in [-0.2, 0) is 6.18 Å². The van der Waals surface area contributed by atoms with Gasteiger partial charge in [0.2, 0.25) is 0 Å². The average Bonchev–Trinajstić information content (AvgIpc) is 2.14. The number of aromatic nitrogens is 1. The molecule has 0 aliphatic carbocycles. The van der Waals surface area contributed by atoms with Gasteiger partial charge in [-0.15, -0.1) is 0 Å². The lowest BCUT2D eigenvalue weighted by molar-refractivity contribution is -0.141. The van der Waals surface area contributed by atoms with Gasteiger partial charge in [0, 0.05) is 5.56 Å². The summed E-state index contributed by atoms with van der Waals surface area (Å²) >= 11 is 0. The maximum Gasteiger partial charge on any atom is 0.434 e. The molecule has 88 valence electrons. The van der Waals surface area contributed by atoms with Crippen LogP contribution in [0.4, 0.5) is 13.2 Å². The van der Waals surface area contributed by atoms with Gasteiger partial charge in [0.1, 0.15) is 5.75 Å². The summed E-state index contributed by atoms with van der Waals surface area (Å²) in [5.74, 6) is 0.144. The zero-order valence-corrected chi connectivity index (χ0v) is 8.71. The van der Waals surface area contributed by atoms with E-state index in [4.69, 9.17) is 4.74 Å². The normalized spacial score (nSPS) is 11.6. The summed E-state index contributed by atoms with van der Waals surface area (Å²) in [5, 5.41) is 0. The van der Waals surface area contributed by atoms with Crippen LogP contribution in [0.5, 0.6) is 5.75 Å². The molecule has 0 spiro atoms. The van der Waals surface area contributed by atoms with Crippen molar-refractivity contribution < 1.29 is 22.7 Å². The first-order valence-electron chi connectivity index (χ1n) is 4.53. The summed E-state index contributed by atoms with van der Waals surface area (Å²) in [6.45, 7) is 3.44. The van der Waals surface area contributed by atoms with E-state index in [0.29, 0.717) is 0 Å². The minimum Gasteiger partial charge on any atom is -0.489 e. The predicted molar refractivity (Wildman–Crippen MR) is 50.4 cm³/mol. The molecule has 1 rings (SSSR count). The largest absolute Gasteiger partial charge is 0.489 e. The Hall–Kier alpha value is -1.59. The lowest BCUT2D eigenvalue weighted by Gasteiger charge is -2.12. The fraction of sp³-hybridized carbons (Fsp3) is 0.400. The second-order valence-electron chi connectivity index (χ2n) is 3.39. The molecule has 0 bridgehead atoms. The van der Waals surface area contributed by atoms with E-state index in [0.717, 1.165) is 12.3 Å². The standard InChI is InChI=1S/C10H10F3NO2/c1-6(2)16-8-3-7(5-15)9(14-4-8)10(11,12)13/h3-6H,1-2H3. The van der Waals surface area contributed by atoms with Gasteiger partial charge in [0.15, 0.2) is 12.0 Å². The average molecular weight is 233 g/mol. The number of carbonyl (C=O) groups excluding carboxylic acids is 1. The number of carbonyl (C=O) groups is 1. The van der Waals surface area contributed by atoms with Gasteiger partial charge >= 0.3 is 6.18 Å². The van der Waals surface area contributed by atoms with Crippen molar-refractivity contribution in [3.8, 4) is 5.75 Å². The third-order valence-corrected chi connectivity index (χ3v) is 1.66. The zero-order valence-electron chi connectivity index (χ0n) is 8.71. The maximum atomic E-state index is 12.4. The first-order chi connectivity index (χ1) is 7.34. The van der Waals surface area contributed by atoms with E-state index in [9.17, 15) is 18.0 Å². The molecule has 0 unspecified atom stereocenters. The van der Waals surface area contributed by atoms with Gasteiger partial charge in [-0.1, -0.05) is 0 Å². The quantitative estimate of drug-likeness (QED) is 0.753. The topological polar surface area (TPSA) is 39.2 Å². The van der Waals surface area contributed by atoms with Crippen LogP contribution in [0.15, 0.2) is 12.3 Å². The number of pyridine rings is 1. The molecule has 0 fully saturated rings. The van der Waals surface area contributed by atoms with E-state index < -0.39 is 17.4 Å². The van der Waals surface area contributed by atoms with Gasteiger partial charge in [0.05, 0.1) is 12.3 Å². The minimum atomic E-state index is -4.63. The molecule has 0 saturated carbocycles. The van der Waals surface area contributed by atoms with Crippen LogP contribution < -0.4 is 4.74 Å². The molecule has 6 heteroatoms. The Morgan fingerprint density at radius 2 is 2.06 bits per heavy atom. The molecule has 0 N–H and O–H groups in total. The molecule has 1 aromatic heterocycles. The van der Waals surface area contributed by atoms with Crippen LogP contribution in [0.2, 0.25) is 0 Å². The SMILES string of the molecule is CC(C)Oc1cnc(C(F)(F)F)c(C=O)c1. The van der Waals surface area contributed by atoms with Crippen LogP contribution >= 0.6 is 0 Å². The van der Waals surface area contributed by atoms with Crippen molar-refractivity contribution in [3.05, 3.63) is 23.5 Å². The molecule has 1 aromatic rings. The molecule has 1 heterocycles. The van der Waals surface area contributed by atoms with E-state index in [2.05, 4.69) is 4.98 Å². The Bertz CT molecular complexity index is 388. The summed E-state index contributed by atoms with van der Waals surface area (Å²) in [6.07, 6.45) is -3.76. The molecule has 0 radical (unpaired) electrons.